The Bertz CT molecular complexity index is 1040. The van der Waals surface area contributed by atoms with Gasteiger partial charge in [-0.25, -0.2) is 4.98 Å². The van der Waals surface area contributed by atoms with E-state index in [-0.39, 0.29) is 5.56 Å². The van der Waals surface area contributed by atoms with Gasteiger partial charge in [-0.2, -0.15) is 4.98 Å². The first-order valence-corrected chi connectivity index (χ1v) is 14.2. The van der Waals surface area contributed by atoms with Crippen molar-refractivity contribution in [2.75, 3.05) is 43.4 Å². The lowest BCUT2D eigenvalue weighted by atomic mass is 10.2. The summed E-state index contributed by atoms with van der Waals surface area (Å²) in [6, 6.07) is 10.1. The van der Waals surface area contributed by atoms with E-state index >= 15 is 0 Å². The van der Waals surface area contributed by atoms with Gasteiger partial charge in [0.1, 0.15) is 5.65 Å². The van der Waals surface area contributed by atoms with Crippen LogP contribution in [0, 0.1) is 0 Å². The van der Waals surface area contributed by atoms with Crippen LogP contribution in [-0.4, -0.2) is 52.7 Å². The SMILES string of the molecule is CC.CC.CC.CC.CCn1c(=O)c(Br)cc2cnc(Nc3ccc(N4CCN(C)CC4)cc3)nc21. The van der Waals surface area contributed by atoms with Crippen LogP contribution in [0.3, 0.4) is 0 Å². The van der Waals surface area contributed by atoms with Crippen LogP contribution in [0.25, 0.3) is 11.0 Å². The highest BCUT2D eigenvalue weighted by atomic mass is 79.9. The molecule has 3 aromatic rings. The number of fused-ring (bicyclic) bond motifs is 1. The molecule has 1 aliphatic heterocycles. The molecule has 1 aliphatic rings. The molecule has 0 spiro atoms. The minimum Gasteiger partial charge on any atom is -0.369 e. The minimum absolute atomic E-state index is 0.0869. The highest BCUT2D eigenvalue weighted by molar-refractivity contribution is 9.10. The van der Waals surface area contributed by atoms with Gasteiger partial charge in [-0.1, -0.05) is 55.4 Å². The van der Waals surface area contributed by atoms with Crippen molar-refractivity contribution in [2.45, 2.75) is 68.9 Å². The number of hydrogen-bond acceptors (Lipinski definition) is 6. The molecule has 202 valence electrons. The number of aromatic nitrogens is 3. The van der Waals surface area contributed by atoms with Crippen LogP contribution in [0.2, 0.25) is 0 Å². The van der Waals surface area contributed by atoms with Gasteiger partial charge < -0.3 is 15.1 Å². The molecule has 4 rings (SSSR count). The second-order valence-corrected chi connectivity index (χ2v) is 7.83. The maximum absolute atomic E-state index is 12.3. The molecule has 2 aromatic heterocycles. The highest BCUT2D eigenvalue weighted by Crippen LogP contribution is 2.22. The van der Waals surface area contributed by atoms with Crippen molar-refractivity contribution in [2.24, 2.45) is 0 Å². The van der Waals surface area contributed by atoms with Gasteiger partial charge >= 0.3 is 0 Å². The van der Waals surface area contributed by atoms with Gasteiger partial charge in [-0.15, -0.1) is 0 Å². The molecule has 0 atom stereocenters. The average Bonchev–Trinajstić information content (AvgIpc) is 2.95. The normalized spacial score (nSPS) is 12.5. The Labute approximate surface area is 227 Å². The Morgan fingerprint density at radius 2 is 1.47 bits per heavy atom. The van der Waals surface area contributed by atoms with Gasteiger partial charge in [-0.3, -0.25) is 9.36 Å². The fourth-order valence-corrected chi connectivity index (χ4v) is 3.89. The third kappa shape index (κ3) is 9.21. The second kappa shape index (κ2) is 18.8. The maximum Gasteiger partial charge on any atom is 0.266 e. The van der Waals surface area contributed by atoms with Crippen LogP contribution in [0.4, 0.5) is 17.3 Å². The molecule has 36 heavy (non-hydrogen) atoms. The molecule has 1 fully saturated rings. The molecular formula is C28H47BrN6O. The van der Waals surface area contributed by atoms with E-state index in [1.165, 1.54) is 5.69 Å². The molecule has 1 N–H and O–H groups in total. The Hall–Kier alpha value is -2.45. The summed E-state index contributed by atoms with van der Waals surface area (Å²) >= 11 is 3.31. The molecule has 0 bridgehead atoms. The standard InChI is InChI=1S/C20H23BrN6O.4C2H6/c1-3-27-18-14(12-17(21)19(27)28)13-22-20(24-18)23-15-4-6-16(7-5-15)26-10-8-25(2)9-11-26;4*1-2/h4-7,12-13H,3,8-11H2,1-2H3,(H,22,23,24);4*1-2H3. The Kier molecular flexibility index (Phi) is 17.5. The van der Waals surface area contributed by atoms with E-state index in [0.717, 1.165) is 37.3 Å². The van der Waals surface area contributed by atoms with E-state index in [2.05, 4.69) is 60.2 Å². The molecule has 0 unspecified atom stereocenters. The fourth-order valence-electron chi connectivity index (χ4n) is 3.43. The first kappa shape index (κ1) is 33.5. The van der Waals surface area contributed by atoms with Gasteiger partial charge in [0.2, 0.25) is 5.95 Å². The van der Waals surface area contributed by atoms with E-state index in [0.29, 0.717) is 22.6 Å². The molecule has 0 aliphatic carbocycles. The Balaban J connectivity index is 0.00000140. The van der Waals surface area contributed by atoms with Crippen LogP contribution >= 0.6 is 15.9 Å². The van der Waals surface area contributed by atoms with Crippen LogP contribution in [0.5, 0.6) is 0 Å². The molecule has 1 saturated heterocycles. The van der Waals surface area contributed by atoms with Crippen molar-refractivity contribution in [3.8, 4) is 0 Å². The fraction of sp³-hybridized carbons (Fsp3) is 0.536. The van der Waals surface area contributed by atoms with Crippen molar-refractivity contribution in [3.63, 3.8) is 0 Å². The largest absolute Gasteiger partial charge is 0.369 e. The number of nitrogens with one attached hydrogen (secondary N) is 1. The van der Waals surface area contributed by atoms with Crippen molar-refractivity contribution < 1.29 is 0 Å². The average molecular weight is 564 g/mol. The van der Waals surface area contributed by atoms with Crippen molar-refractivity contribution >= 4 is 44.3 Å². The summed E-state index contributed by atoms with van der Waals surface area (Å²) in [5, 5.41) is 4.07. The van der Waals surface area contributed by atoms with E-state index < -0.39 is 0 Å². The number of nitrogens with zero attached hydrogens (tertiary/aromatic N) is 5. The number of aryl methyl sites for hydroxylation is 1. The first-order valence-electron chi connectivity index (χ1n) is 13.4. The number of likely N-dealkylation sites (N-methyl/N-ethyl adjacent to an activating group) is 1. The quantitative estimate of drug-likeness (QED) is 0.363. The number of benzene rings is 1. The summed E-state index contributed by atoms with van der Waals surface area (Å²) in [5.74, 6) is 0.476. The summed E-state index contributed by atoms with van der Waals surface area (Å²) in [4.78, 5) is 26.0. The molecule has 3 heterocycles. The third-order valence-corrected chi connectivity index (χ3v) is 5.66. The predicted molar refractivity (Wildman–Crippen MR) is 162 cm³/mol. The molecule has 1 aromatic carbocycles. The number of piperazine rings is 1. The summed E-state index contributed by atoms with van der Waals surface area (Å²) in [6.07, 6.45) is 1.74. The molecule has 0 amide bonds. The number of anilines is 3. The van der Waals surface area contributed by atoms with Gasteiger partial charge in [0, 0.05) is 55.7 Å². The van der Waals surface area contributed by atoms with E-state index in [1.54, 1.807) is 16.8 Å². The lowest BCUT2D eigenvalue weighted by Crippen LogP contribution is -2.44. The van der Waals surface area contributed by atoms with Crippen LogP contribution in [-0.2, 0) is 6.54 Å². The summed E-state index contributed by atoms with van der Waals surface area (Å²) in [5.41, 5.74) is 2.68. The van der Waals surface area contributed by atoms with Crippen molar-refractivity contribution in [1.29, 1.82) is 0 Å². The summed E-state index contributed by atoms with van der Waals surface area (Å²) in [6.45, 7) is 22.7. The maximum atomic E-state index is 12.3. The minimum atomic E-state index is -0.0869. The monoisotopic (exact) mass is 562 g/mol. The number of hydrogen-bond donors (Lipinski definition) is 1. The van der Waals surface area contributed by atoms with Crippen LogP contribution < -0.4 is 15.8 Å². The van der Waals surface area contributed by atoms with Crippen LogP contribution in [0.15, 0.2) is 45.8 Å². The first-order chi connectivity index (χ1) is 17.5. The second-order valence-electron chi connectivity index (χ2n) is 6.98. The van der Waals surface area contributed by atoms with Gasteiger partial charge in [-0.05, 0) is 60.2 Å². The molecule has 0 saturated carbocycles. The summed E-state index contributed by atoms with van der Waals surface area (Å²) < 4.78 is 2.16. The zero-order valence-electron chi connectivity index (χ0n) is 24.0. The molecular weight excluding hydrogens is 516 g/mol. The van der Waals surface area contributed by atoms with Crippen molar-refractivity contribution in [1.82, 2.24) is 19.4 Å². The van der Waals surface area contributed by atoms with Gasteiger partial charge in [0.25, 0.3) is 5.56 Å². The molecule has 0 radical (unpaired) electrons. The van der Waals surface area contributed by atoms with Crippen LogP contribution in [0.1, 0.15) is 62.3 Å². The molecule has 7 nitrogen and oxygen atoms in total. The number of halogens is 1. The Morgan fingerprint density at radius 1 is 0.917 bits per heavy atom. The van der Waals surface area contributed by atoms with Crippen molar-refractivity contribution in [3.05, 3.63) is 51.4 Å². The predicted octanol–water partition coefficient (Wildman–Crippen LogP) is 7.17. The zero-order valence-corrected chi connectivity index (χ0v) is 25.6. The van der Waals surface area contributed by atoms with E-state index in [1.807, 2.05) is 74.4 Å². The lowest BCUT2D eigenvalue weighted by molar-refractivity contribution is 0.313. The topological polar surface area (TPSA) is 66.3 Å². The molecule has 8 heteroatoms. The highest BCUT2D eigenvalue weighted by Gasteiger charge is 2.14. The Morgan fingerprint density at radius 3 is 2.00 bits per heavy atom. The lowest BCUT2D eigenvalue weighted by Gasteiger charge is -2.34. The number of rotatable bonds is 4. The number of pyridine rings is 1. The third-order valence-electron chi connectivity index (χ3n) is 5.09. The zero-order chi connectivity index (χ0) is 27.7. The summed E-state index contributed by atoms with van der Waals surface area (Å²) in [7, 11) is 2.16. The van der Waals surface area contributed by atoms with Gasteiger partial charge in [0.15, 0.2) is 0 Å². The smallest absolute Gasteiger partial charge is 0.266 e. The van der Waals surface area contributed by atoms with Gasteiger partial charge in [0.05, 0.1) is 4.47 Å². The van der Waals surface area contributed by atoms with E-state index in [9.17, 15) is 4.79 Å². The van der Waals surface area contributed by atoms with E-state index in [4.69, 9.17) is 0 Å².